The molecule has 1 atom stereocenters. The van der Waals surface area contributed by atoms with Crippen LogP contribution in [0.2, 0.25) is 2.82 Å². The molecule has 1 saturated heterocycles. The van der Waals surface area contributed by atoms with Gasteiger partial charge in [-0.1, -0.05) is 6.04 Å². The quantitative estimate of drug-likeness (QED) is 0.887. The number of rotatable bonds is 5. The van der Waals surface area contributed by atoms with E-state index in [-0.39, 0.29) is 10.9 Å². The van der Waals surface area contributed by atoms with E-state index in [0.29, 0.717) is 4.98 Å². The highest BCUT2D eigenvalue weighted by Crippen LogP contribution is 2.21. The molecule has 1 amide bonds. The predicted molar refractivity (Wildman–Crippen MR) is 82.5 cm³/mol. The summed E-state index contributed by atoms with van der Waals surface area (Å²) in [5, 5.41) is -0.770. The number of amides is 1. The van der Waals surface area contributed by atoms with Crippen molar-refractivity contribution in [3.8, 4) is 0 Å². The number of cyclic esters (lactones) is 1. The molecule has 5 nitrogen and oxygen atoms in total. The van der Waals surface area contributed by atoms with Gasteiger partial charge in [0.05, 0.1) is 15.6 Å². The average molecular weight is 300 g/mol. The molecule has 1 fully saturated rings. The Morgan fingerprint density at radius 3 is 3.24 bits per heavy atom. The second-order valence-electron chi connectivity index (χ2n) is 4.46. The number of H-pyrrole nitrogens is 1. The van der Waals surface area contributed by atoms with Gasteiger partial charge in [-0.3, -0.25) is 0 Å². The lowest BCUT2D eigenvalue weighted by Gasteiger charge is -2.09. The lowest BCUT2D eigenvalue weighted by molar-refractivity contribution is 0.177. The van der Waals surface area contributed by atoms with Crippen LogP contribution in [-0.2, 0) is 17.5 Å². The summed E-state index contributed by atoms with van der Waals surface area (Å²) in [6.45, 7) is -5.48. The first-order chi connectivity index (χ1) is 15.3. The van der Waals surface area contributed by atoms with Crippen LogP contribution in [0.1, 0.15) is 26.2 Å². The maximum Gasteiger partial charge on any atom is 0.407 e. The van der Waals surface area contributed by atoms with Crippen LogP contribution in [0.3, 0.4) is 0 Å². The summed E-state index contributed by atoms with van der Waals surface area (Å²) in [5.74, 6) is 0. The second kappa shape index (κ2) is 5.77. The Morgan fingerprint density at radius 2 is 2.52 bits per heavy atom. The molecule has 1 aliphatic rings. The number of ether oxygens (including phenoxy) is 1. The minimum absolute atomic E-state index is 0.234. The molecule has 2 heterocycles. The Morgan fingerprint density at radius 1 is 1.67 bits per heavy atom. The summed E-state index contributed by atoms with van der Waals surface area (Å²) >= 11 is 0. The van der Waals surface area contributed by atoms with Gasteiger partial charge in [-0.05, 0) is 50.1 Å². The first kappa shape index (κ1) is 5.32. The Kier molecular flexibility index (Phi) is 1.46. The van der Waals surface area contributed by atoms with Gasteiger partial charge in [-0.15, -0.1) is 0 Å². The van der Waals surface area contributed by atoms with Gasteiger partial charge in [0, 0.05) is 29.1 Å². The molecule has 1 aromatic heterocycles. The van der Waals surface area contributed by atoms with Crippen molar-refractivity contribution in [2.24, 2.45) is 0 Å². The van der Waals surface area contributed by atoms with E-state index >= 15 is 0 Å². The fraction of sp³-hybridized carbons (Fsp3) is 0.438. The van der Waals surface area contributed by atoms with Gasteiger partial charge in [0.15, 0.2) is 2.82 Å². The number of nitrogens with zero attached hydrogens (tertiary/aromatic N) is 1. The number of hydrogen-bond donors (Lipinski definition) is 2. The standard InChI is InChI=1S/C16H21N3O2/c1-19(2)6-5-12-9-17-15-4-3-11(8-14(12)15)7-13-10-21-16(20)18-13/h3-4,8-9,13,17H,5-7,10H2,1-2H3,(H,18,20)/t13-/m0/s1/i3D,4D,6D2,7D2,8D,9D,10D2,13D/hD2. The van der Waals surface area contributed by atoms with Crippen LogP contribution in [0.4, 0.5) is 4.79 Å². The highest BCUT2D eigenvalue weighted by atomic mass is 16.6. The third kappa shape index (κ3) is 3.19. The van der Waals surface area contributed by atoms with Crippen molar-refractivity contribution in [3.63, 3.8) is 0 Å². The highest BCUT2D eigenvalue weighted by molar-refractivity contribution is 5.84. The number of alkyl carbamates (subject to hydrolysis) is 1. The Labute approximate surface area is 142 Å². The minimum atomic E-state index is -3.47. The van der Waals surface area contributed by atoms with Gasteiger partial charge in [-0.25, -0.2) is 4.79 Å². The smallest absolute Gasteiger partial charge is 0.407 e. The minimum Gasteiger partial charge on any atom is -0.447 e. The van der Waals surface area contributed by atoms with Crippen molar-refractivity contribution in [1.29, 1.82) is 0 Å². The average Bonchev–Trinajstić information content (AvgIpc) is 3.03. The molecule has 0 bridgehead atoms. The highest BCUT2D eigenvalue weighted by Gasteiger charge is 2.22. The molecule has 0 unspecified atom stereocenters. The maximum atomic E-state index is 11.8. The number of benzene rings is 1. The van der Waals surface area contributed by atoms with Gasteiger partial charge in [0.2, 0.25) is 0 Å². The lowest BCUT2D eigenvalue weighted by atomic mass is 10.0. The number of carbonyl (C=O) groups is 1. The number of hydrogen-bond acceptors (Lipinski definition) is 3. The maximum absolute atomic E-state index is 11.8. The predicted octanol–water partition coefficient (Wildman–Crippen LogP) is 1.92. The van der Waals surface area contributed by atoms with Crippen LogP contribution in [0.15, 0.2) is 24.3 Å². The fourth-order valence-electron chi connectivity index (χ4n) is 1.71. The van der Waals surface area contributed by atoms with Crippen LogP contribution in [0.5, 0.6) is 0 Å². The molecular formula is C16H21N3O2. The summed E-state index contributed by atoms with van der Waals surface area (Å²) in [5.41, 5.74) is -1.70. The van der Waals surface area contributed by atoms with Gasteiger partial charge in [0.25, 0.3) is 0 Å². The van der Waals surface area contributed by atoms with Crippen molar-refractivity contribution in [2.75, 3.05) is 27.2 Å². The third-order valence-corrected chi connectivity index (χ3v) is 2.65. The summed E-state index contributed by atoms with van der Waals surface area (Å²) in [4.78, 5) is 13.4. The molecule has 21 heavy (non-hydrogen) atoms. The topological polar surface area (TPSA) is 57.4 Å². The SMILES string of the molecule is [2H]c1c(C([2H])([2H])[C@]2([2H])N([2H])C(=O)OC2([2H])[2H])c([2H])c2c(CC([2H])([2H])N(C)C)c([2H])n([2H])c2c1[2H]. The Balaban J connectivity index is 2.43. The number of nitrogens with one attached hydrogen (secondary N) is 2. The molecule has 0 saturated carbocycles. The normalized spacial score (nSPS) is 34.9. The van der Waals surface area contributed by atoms with Crippen molar-refractivity contribution in [3.05, 3.63) is 35.4 Å². The van der Waals surface area contributed by atoms with E-state index in [2.05, 4.69) is 4.74 Å². The van der Waals surface area contributed by atoms with Crippen LogP contribution in [0.25, 0.3) is 10.9 Å². The molecule has 112 valence electrons. The van der Waals surface area contributed by atoms with E-state index in [9.17, 15) is 4.79 Å². The molecule has 2 aromatic rings. The van der Waals surface area contributed by atoms with Crippen LogP contribution in [0, 0.1) is 0 Å². The second-order valence-corrected chi connectivity index (χ2v) is 4.46. The van der Waals surface area contributed by atoms with Gasteiger partial charge < -0.3 is 19.9 Å². The number of fused-ring (bicyclic) bond motifs is 1. The first-order valence-electron chi connectivity index (χ1n) is 12.5. The number of aryl methyl sites for hydroxylation is 1. The van der Waals surface area contributed by atoms with Crippen LogP contribution >= 0.6 is 0 Å². The molecule has 1 aromatic carbocycles. The molecule has 0 aliphatic carbocycles. The van der Waals surface area contributed by atoms with E-state index in [4.69, 9.17) is 17.9 Å². The number of aromatic nitrogens is 1. The molecule has 5 heteroatoms. The zero-order chi connectivity index (χ0) is 26.3. The van der Waals surface area contributed by atoms with Crippen molar-refractivity contribution >= 4 is 17.0 Å². The molecule has 0 spiro atoms. The van der Waals surface area contributed by atoms with Crippen molar-refractivity contribution in [2.45, 2.75) is 18.8 Å². The zero-order valence-corrected chi connectivity index (χ0v) is 11.4. The monoisotopic (exact) mass is 300 g/mol. The van der Waals surface area contributed by atoms with E-state index < -0.39 is 78.7 Å². The van der Waals surface area contributed by atoms with Crippen molar-refractivity contribution < 1.29 is 27.4 Å². The van der Waals surface area contributed by atoms with E-state index in [1.165, 1.54) is 19.0 Å². The largest absolute Gasteiger partial charge is 0.447 e. The number of likely N-dealkylation sites (N-methyl/N-ethyl adjacent to an activating group) is 1. The number of carbonyl (C=O) groups excluding carboxylic acids is 1. The first-order valence-corrected chi connectivity index (χ1v) is 6.08. The Bertz CT molecular complexity index is 1200. The van der Waals surface area contributed by atoms with E-state index in [1.807, 2.05) is 0 Å². The Hall–Kier alpha value is -2.01. The van der Waals surface area contributed by atoms with Crippen LogP contribution < -0.4 is 5.31 Å². The van der Waals surface area contributed by atoms with E-state index in [1.54, 1.807) is 0 Å². The summed E-state index contributed by atoms with van der Waals surface area (Å²) in [6.07, 6.45) is -6.28. The molecule has 0 radical (unpaired) electrons. The number of aromatic amines is 1. The lowest BCUT2D eigenvalue weighted by Crippen LogP contribution is -2.28. The van der Waals surface area contributed by atoms with Crippen molar-refractivity contribution in [1.82, 2.24) is 15.2 Å². The molecule has 2 N–H and O–H groups in total. The van der Waals surface area contributed by atoms with Gasteiger partial charge in [-0.2, -0.15) is 0 Å². The fourth-order valence-corrected chi connectivity index (χ4v) is 1.71. The van der Waals surface area contributed by atoms with Gasteiger partial charge >= 0.3 is 6.09 Å². The molecule has 3 rings (SSSR count). The summed E-state index contributed by atoms with van der Waals surface area (Å²) in [6, 6.07) is -6.16. The van der Waals surface area contributed by atoms with Crippen LogP contribution in [-0.4, -0.2) is 49.1 Å². The third-order valence-electron chi connectivity index (χ3n) is 2.65. The summed E-state index contributed by atoms with van der Waals surface area (Å²) in [7, 11) is 2.83. The van der Waals surface area contributed by atoms with E-state index in [0.717, 1.165) is 0 Å². The van der Waals surface area contributed by atoms with Gasteiger partial charge in [0.1, 0.15) is 6.56 Å². The summed E-state index contributed by atoms with van der Waals surface area (Å²) < 4.78 is 111. The molecular weight excluding hydrogens is 266 g/mol. The zero-order valence-electron chi connectivity index (χ0n) is 24.4. The molecule has 1 aliphatic heterocycles.